The lowest BCUT2D eigenvalue weighted by atomic mass is 10.0. The Kier molecular flexibility index (Phi) is 5.47. The molecule has 0 spiro atoms. The van der Waals surface area contributed by atoms with Crippen LogP contribution in [-0.4, -0.2) is 26.1 Å². The molecule has 7 nitrogen and oxygen atoms in total. The zero-order chi connectivity index (χ0) is 21.3. The van der Waals surface area contributed by atoms with Crippen LogP contribution in [0.2, 0.25) is 0 Å². The number of nitrogens with zero attached hydrogens (tertiary/aromatic N) is 2. The van der Waals surface area contributed by atoms with Crippen molar-refractivity contribution in [2.45, 2.75) is 39.1 Å². The molecule has 0 aliphatic rings. The summed E-state index contributed by atoms with van der Waals surface area (Å²) < 4.78 is 42.9. The summed E-state index contributed by atoms with van der Waals surface area (Å²) >= 11 is 0. The van der Waals surface area contributed by atoms with Crippen molar-refractivity contribution in [3.05, 3.63) is 70.1 Å². The van der Waals surface area contributed by atoms with Gasteiger partial charge in [-0.3, -0.25) is 9.78 Å². The van der Waals surface area contributed by atoms with E-state index < -0.39 is 29.9 Å². The van der Waals surface area contributed by atoms with Crippen molar-refractivity contribution in [2.24, 2.45) is 0 Å². The van der Waals surface area contributed by atoms with Gasteiger partial charge in [-0.1, -0.05) is 11.2 Å². The van der Waals surface area contributed by atoms with Gasteiger partial charge in [0.25, 0.3) is 5.91 Å². The highest BCUT2D eigenvalue weighted by molar-refractivity contribution is 5.94. The van der Waals surface area contributed by atoms with Crippen LogP contribution in [0.3, 0.4) is 0 Å². The maximum atomic E-state index is 12.6. The number of aliphatic hydroxyl groups excluding tert-OH is 1. The van der Waals surface area contributed by atoms with Gasteiger partial charge in [-0.25, -0.2) is 0 Å². The van der Waals surface area contributed by atoms with E-state index in [0.29, 0.717) is 22.6 Å². The highest BCUT2D eigenvalue weighted by Gasteiger charge is 2.32. The Morgan fingerprint density at radius 3 is 2.59 bits per heavy atom. The van der Waals surface area contributed by atoms with Crippen molar-refractivity contribution in [1.82, 2.24) is 20.4 Å². The molecule has 0 saturated carbocycles. The molecule has 0 fully saturated rings. The number of carbonyl (C=O) groups excluding carboxylic acids is 1. The van der Waals surface area contributed by atoms with Gasteiger partial charge in [-0.05, 0) is 32.4 Å². The predicted molar refractivity (Wildman–Crippen MR) is 96.0 cm³/mol. The Morgan fingerprint density at radius 1 is 1.31 bits per heavy atom. The lowest BCUT2D eigenvalue weighted by molar-refractivity contribution is -0.141. The lowest BCUT2D eigenvalue weighted by Crippen LogP contribution is -2.27. The number of halogens is 3. The zero-order valence-electron chi connectivity index (χ0n) is 15.8. The summed E-state index contributed by atoms with van der Waals surface area (Å²) in [7, 11) is 0. The molecule has 0 bridgehead atoms. The van der Waals surface area contributed by atoms with Crippen LogP contribution in [-0.2, 0) is 6.18 Å². The molecule has 3 aromatic heterocycles. The molecular weight excluding hydrogens is 389 g/mol. The minimum atomic E-state index is -4.56. The first-order valence-electron chi connectivity index (χ1n) is 8.71. The number of amides is 1. The van der Waals surface area contributed by atoms with Crippen LogP contribution in [0.5, 0.6) is 0 Å². The number of nitrogens with one attached hydrogen (secondary N) is 2. The fourth-order valence-electron chi connectivity index (χ4n) is 2.88. The molecule has 29 heavy (non-hydrogen) atoms. The molecule has 0 aromatic carbocycles. The molecule has 3 rings (SSSR count). The molecule has 154 valence electrons. The van der Waals surface area contributed by atoms with Crippen LogP contribution >= 0.6 is 0 Å². The summed E-state index contributed by atoms with van der Waals surface area (Å²) in [4.78, 5) is 18.7. The Labute approximate surface area is 163 Å². The van der Waals surface area contributed by atoms with Gasteiger partial charge in [0.05, 0.1) is 6.04 Å². The van der Waals surface area contributed by atoms with Crippen LogP contribution < -0.4 is 5.32 Å². The van der Waals surface area contributed by atoms with E-state index in [9.17, 15) is 23.1 Å². The second-order valence-corrected chi connectivity index (χ2v) is 6.68. The van der Waals surface area contributed by atoms with Gasteiger partial charge in [0.1, 0.15) is 28.9 Å². The molecular formula is C19H19F3N4O3. The normalized spacial score (nSPS) is 13.9. The van der Waals surface area contributed by atoms with Gasteiger partial charge >= 0.3 is 6.18 Å². The molecule has 0 aliphatic heterocycles. The number of alkyl halides is 3. The number of carbonyl (C=O) groups is 1. The van der Waals surface area contributed by atoms with Gasteiger partial charge in [0.2, 0.25) is 0 Å². The first kappa shape index (κ1) is 20.6. The third kappa shape index (κ3) is 4.32. The van der Waals surface area contributed by atoms with Crippen molar-refractivity contribution < 1.29 is 27.6 Å². The maximum Gasteiger partial charge on any atom is 0.433 e. The number of rotatable bonds is 5. The van der Waals surface area contributed by atoms with Crippen LogP contribution in [0.1, 0.15) is 63.4 Å². The highest BCUT2D eigenvalue weighted by atomic mass is 19.4. The van der Waals surface area contributed by atoms with E-state index in [1.165, 1.54) is 6.20 Å². The van der Waals surface area contributed by atoms with Crippen molar-refractivity contribution in [3.8, 4) is 0 Å². The van der Waals surface area contributed by atoms with E-state index in [-0.39, 0.29) is 11.3 Å². The van der Waals surface area contributed by atoms with E-state index in [1.807, 2.05) is 0 Å². The number of aromatic nitrogens is 3. The smallest absolute Gasteiger partial charge is 0.384 e. The van der Waals surface area contributed by atoms with Gasteiger partial charge in [-0.2, -0.15) is 13.2 Å². The Bertz CT molecular complexity index is 1010. The summed E-state index contributed by atoms with van der Waals surface area (Å²) in [6.45, 7) is 5.12. The third-order valence-electron chi connectivity index (χ3n) is 4.53. The standard InChI is InChI=1S/C19H19F3N4O3/c1-9-6-14(26-29-9)11(3)25-18(28)16-10(2)13(8-24-16)17(27)12-4-5-15(23-7-12)19(20,21)22/h4-8,11,17,24,27H,1-3H3,(H,25,28). The average molecular weight is 408 g/mol. The molecule has 3 heterocycles. The summed E-state index contributed by atoms with van der Waals surface area (Å²) in [5.41, 5.74) is 0.761. The van der Waals surface area contributed by atoms with Crippen molar-refractivity contribution in [1.29, 1.82) is 0 Å². The van der Waals surface area contributed by atoms with Gasteiger partial charge in [0.15, 0.2) is 0 Å². The molecule has 10 heteroatoms. The number of hydrogen-bond acceptors (Lipinski definition) is 5. The highest BCUT2D eigenvalue weighted by Crippen LogP contribution is 2.30. The Balaban J connectivity index is 1.76. The molecule has 0 saturated heterocycles. The van der Waals surface area contributed by atoms with Crippen molar-refractivity contribution in [3.63, 3.8) is 0 Å². The van der Waals surface area contributed by atoms with Gasteiger partial charge in [0, 0.05) is 29.6 Å². The van der Waals surface area contributed by atoms with Crippen LogP contribution in [0.25, 0.3) is 0 Å². The first-order chi connectivity index (χ1) is 13.6. The van der Waals surface area contributed by atoms with Crippen molar-refractivity contribution in [2.75, 3.05) is 0 Å². The predicted octanol–water partition coefficient (Wildman–Crippen LogP) is 3.61. The van der Waals surface area contributed by atoms with E-state index in [0.717, 1.165) is 18.3 Å². The number of pyridine rings is 1. The van der Waals surface area contributed by atoms with Gasteiger partial charge in [-0.15, -0.1) is 0 Å². The summed E-state index contributed by atoms with van der Waals surface area (Å²) in [6.07, 6.45) is -3.39. The minimum Gasteiger partial charge on any atom is -0.384 e. The van der Waals surface area contributed by atoms with Crippen LogP contribution in [0.15, 0.2) is 35.1 Å². The Morgan fingerprint density at radius 2 is 2.03 bits per heavy atom. The monoisotopic (exact) mass is 408 g/mol. The van der Waals surface area contributed by atoms with E-state index >= 15 is 0 Å². The summed E-state index contributed by atoms with van der Waals surface area (Å²) in [5, 5.41) is 17.2. The quantitative estimate of drug-likeness (QED) is 0.598. The third-order valence-corrected chi connectivity index (χ3v) is 4.53. The van der Waals surface area contributed by atoms with E-state index in [2.05, 4.69) is 20.4 Å². The molecule has 0 radical (unpaired) electrons. The molecule has 2 atom stereocenters. The van der Waals surface area contributed by atoms with Crippen molar-refractivity contribution >= 4 is 5.91 Å². The zero-order valence-corrected chi connectivity index (χ0v) is 15.8. The number of aromatic amines is 1. The lowest BCUT2D eigenvalue weighted by Gasteiger charge is -2.13. The SMILES string of the molecule is Cc1cc(C(C)NC(=O)c2[nH]cc(C(O)c3ccc(C(F)(F)F)nc3)c2C)no1. The second kappa shape index (κ2) is 7.70. The topological polar surface area (TPSA) is 104 Å². The van der Waals surface area contributed by atoms with E-state index in [4.69, 9.17) is 4.52 Å². The fourth-order valence-corrected chi connectivity index (χ4v) is 2.88. The van der Waals surface area contributed by atoms with Gasteiger partial charge < -0.3 is 19.9 Å². The number of H-pyrrole nitrogens is 1. The molecule has 3 N–H and O–H groups in total. The Hall–Kier alpha value is -3.14. The largest absolute Gasteiger partial charge is 0.433 e. The molecule has 2 unspecified atom stereocenters. The second-order valence-electron chi connectivity index (χ2n) is 6.68. The number of aryl methyl sites for hydroxylation is 1. The van der Waals surface area contributed by atoms with E-state index in [1.54, 1.807) is 26.8 Å². The molecule has 0 aliphatic carbocycles. The fraction of sp³-hybridized carbons (Fsp3) is 0.316. The average Bonchev–Trinajstić information content (AvgIpc) is 3.26. The minimum absolute atomic E-state index is 0.179. The summed E-state index contributed by atoms with van der Waals surface area (Å²) in [5.74, 6) is 0.201. The van der Waals surface area contributed by atoms with Crippen LogP contribution in [0.4, 0.5) is 13.2 Å². The van der Waals surface area contributed by atoms with Crippen LogP contribution in [0, 0.1) is 13.8 Å². The number of hydrogen-bond donors (Lipinski definition) is 3. The number of aliphatic hydroxyl groups is 1. The maximum absolute atomic E-state index is 12.6. The summed E-state index contributed by atoms with van der Waals surface area (Å²) in [6, 6.07) is 3.26. The first-order valence-corrected chi connectivity index (χ1v) is 8.71. The molecule has 1 amide bonds. The molecule has 3 aromatic rings.